The van der Waals surface area contributed by atoms with Crippen LogP contribution in [0, 0.1) is 0 Å². The fourth-order valence-electron chi connectivity index (χ4n) is 1.51. The highest BCUT2D eigenvalue weighted by Gasteiger charge is 2.02. The Kier molecular flexibility index (Phi) is 5.51. The van der Waals surface area contributed by atoms with E-state index in [2.05, 4.69) is 5.32 Å². The summed E-state index contributed by atoms with van der Waals surface area (Å²) < 4.78 is 5.66. The number of hydrogen-bond donors (Lipinski definition) is 2. The molecule has 0 aliphatic rings. The monoisotopic (exact) mass is 297 g/mol. The molecule has 0 aliphatic heterocycles. The molecule has 2 aromatic rings. The molecule has 1 atom stereocenters. The Balaban J connectivity index is 1.81. The van der Waals surface area contributed by atoms with E-state index >= 15 is 0 Å². The molecule has 3 nitrogen and oxygen atoms in total. The van der Waals surface area contributed by atoms with Crippen LogP contribution in [0.2, 0.25) is 0 Å². The van der Waals surface area contributed by atoms with Crippen molar-refractivity contribution >= 4 is 28.6 Å². The molecule has 0 aliphatic carbocycles. The summed E-state index contributed by atoms with van der Waals surface area (Å²) in [6.45, 7) is 1.04. The summed E-state index contributed by atoms with van der Waals surface area (Å²) in [6.07, 6.45) is -0.531. The Morgan fingerprint density at radius 3 is 2.68 bits per heavy atom. The number of hydrogen-bond acceptors (Lipinski definition) is 4. The zero-order valence-electron chi connectivity index (χ0n) is 10.4. The quantitative estimate of drug-likeness (QED) is 0.770. The molecule has 0 radical (unpaired) electrons. The molecule has 0 spiro atoms. The molecule has 1 heterocycles. The van der Waals surface area contributed by atoms with Crippen molar-refractivity contribution < 1.29 is 9.84 Å². The van der Waals surface area contributed by atoms with Gasteiger partial charge < -0.3 is 15.2 Å². The van der Waals surface area contributed by atoms with Crippen LogP contribution in [0.3, 0.4) is 0 Å². The second-order valence-corrected chi connectivity index (χ2v) is 5.42. The lowest BCUT2D eigenvalue weighted by molar-refractivity contribution is 0.211. The predicted molar refractivity (Wildman–Crippen MR) is 80.3 cm³/mol. The number of halogens is 1. The standard InChI is InChI=1S/C14H16ClNO2S/c15-8-12(17)9-16-11-3-5-13(6-4-11)18-10-14-2-1-7-19-14/h1-7,12,16-17H,8-10H2. The fraction of sp³-hybridized carbons (Fsp3) is 0.286. The van der Waals surface area contributed by atoms with E-state index in [1.165, 1.54) is 4.88 Å². The minimum atomic E-state index is -0.531. The van der Waals surface area contributed by atoms with Gasteiger partial charge in [-0.05, 0) is 35.7 Å². The Morgan fingerprint density at radius 1 is 1.26 bits per heavy atom. The van der Waals surface area contributed by atoms with Gasteiger partial charge in [0.25, 0.3) is 0 Å². The van der Waals surface area contributed by atoms with Crippen molar-refractivity contribution in [2.75, 3.05) is 17.7 Å². The average Bonchev–Trinajstić information content (AvgIpc) is 2.97. The van der Waals surface area contributed by atoms with Crippen LogP contribution in [0.4, 0.5) is 5.69 Å². The van der Waals surface area contributed by atoms with Crippen molar-refractivity contribution in [3.63, 3.8) is 0 Å². The molecule has 2 rings (SSSR count). The lowest BCUT2D eigenvalue weighted by atomic mass is 10.3. The molecular formula is C14H16ClNO2S. The minimum Gasteiger partial charge on any atom is -0.488 e. The van der Waals surface area contributed by atoms with Crippen LogP contribution in [0.1, 0.15) is 4.88 Å². The van der Waals surface area contributed by atoms with E-state index in [-0.39, 0.29) is 5.88 Å². The molecule has 2 N–H and O–H groups in total. The Morgan fingerprint density at radius 2 is 2.05 bits per heavy atom. The molecule has 0 amide bonds. The van der Waals surface area contributed by atoms with E-state index in [9.17, 15) is 5.11 Å². The van der Waals surface area contributed by atoms with Gasteiger partial charge in [0.15, 0.2) is 0 Å². The first-order valence-electron chi connectivity index (χ1n) is 6.01. The summed E-state index contributed by atoms with van der Waals surface area (Å²) in [5, 5.41) is 14.5. The maximum Gasteiger partial charge on any atom is 0.122 e. The number of anilines is 1. The minimum absolute atomic E-state index is 0.231. The number of thiophene rings is 1. The number of alkyl halides is 1. The predicted octanol–water partition coefficient (Wildman–Crippen LogP) is 3.34. The van der Waals surface area contributed by atoms with E-state index in [0.29, 0.717) is 13.2 Å². The lowest BCUT2D eigenvalue weighted by Crippen LogP contribution is -2.20. The molecule has 19 heavy (non-hydrogen) atoms. The number of benzene rings is 1. The highest BCUT2D eigenvalue weighted by molar-refractivity contribution is 7.09. The summed E-state index contributed by atoms with van der Waals surface area (Å²) in [5.74, 6) is 1.06. The van der Waals surface area contributed by atoms with Gasteiger partial charge in [0.2, 0.25) is 0 Å². The maximum atomic E-state index is 9.35. The molecule has 0 fully saturated rings. The van der Waals surface area contributed by atoms with E-state index in [4.69, 9.17) is 16.3 Å². The summed E-state index contributed by atoms with van der Waals surface area (Å²) >= 11 is 7.21. The molecule has 1 aromatic heterocycles. The van der Waals surface area contributed by atoms with Gasteiger partial charge in [-0.15, -0.1) is 22.9 Å². The highest BCUT2D eigenvalue weighted by atomic mass is 35.5. The molecule has 102 valence electrons. The highest BCUT2D eigenvalue weighted by Crippen LogP contribution is 2.18. The summed E-state index contributed by atoms with van der Waals surface area (Å²) in [4.78, 5) is 1.20. The third-order valence-electron chi connectivity index (χ3n) is 2.54. The van der Waals surface area contributed by atoms with Crippen LogP contribution in [-0.2, 0) is 6.61 Å². The SMILES string of the molecule is OC(CCl)CNc1ccc(OCc2cccs2)cc1. The van der Waals surface area contributed by atoms with Crippen molar-refractivity contribution in [3.05, 3.63) is 46.7 Å². The van der Waals surface area contributed by atoms with Crippen molar-refractivity contribution in [2.45, 2.75) is 12.7 Å². The van der Waals surface area contributed by atoms with Crippen LogP contribution in [0.15, 0.2) is 41.8 Å². The first-order chi connectivity index (χ1) is 9.28. The Bertz CT molecular complexity index is 473. The maximum absolute atomic E-state index is 9.35. The van der Waals surface area contributed by atoms with Crippen LogP contribution < -0.4 is 10.1 Å². The second kappa shape index (κ2) is 7.38. The van der Waals surface area contributed by atoms with Gasteiger partial charge in [0, 0.05) is 17.1 Å². The fourth-order valence-corrected chi connectivity index (χ4v) is 2.23. The van der Waals surface area contributed by atoms with Crippen molar-refractivity contribution in [3.8, 4) is 5.75 Å². The van der Waals surface area contributed by atoms with E-state index in [0.717, 1.165) is 11.4 Å². The second-order valence-electron chi connectivity index (χ2n) is 4.08. The number of aliphatic hydroxyl groups is 1. The van der Waals surface area contributed by atoms with Crippen molar-refractivity contribution in [1.29, 1.82) is 0 Å². The molecule has 1 unspecified atom stereocenters. The van der Waals surface area contributed by atoms with Crippen LogP contribution in [0.5, 0.6) is 5.75 Å². The lowest BCUT2D eigenvalue weighted by Gasteiger charge is -2.10. The third kappa shape index (κ3) is 4.74. The average molecular weight is 298 g/mol. The van der Waals surface area contributed by atoms with E-state index < -0.39 is 6.10 Å². The van der Waals surface area contributed by atoms with E-state index in [1.54, 1.807) is 11.3 Å². The zero-order valence-corrected chi connectivity index (χ0v) is 12.0. The number of rotatable bonds is 7. The third-order valence-corrected chi connectivity index (χ3v) is 3.74. The number of ether oxygens (including phenoxy) is 1. The van der Waals surface area contributed by atoms with Crippen molar-refractivity contribution in [1.82, 2.24) is 0 Å². The largest absolute Gasteiger partial charge is 0.488 e. The van der Waals surface area contributed by atoms with Gasteiger partial charge in [-0.3, -0.25) is 0 Å². The normalized spacial score (nSPS) is 12.1. The van der Waals surface area contributed by atoms with Gasteiger partial charge >= 0.3 is 0 Å². The first kappa shape index (κ1) is 14.2. The van der Waals surface area contributed by atoms with Gasteiger partial charge in [-0.2, -0.15) is 0 Å². The zero-order chi connectivity index (χ0) is 13.5. The van der Waals surface area contributed by atoms with Crippen LogP contribution >= 0.6 is 22.9 Å². The molecule has 0 saturated carbocycles. The van der Waals surface area contributed by atoms with Gasteiger partial charge in [-0.25, -0.2) is 0 Å². The number of nitrogens with one attached hydrogen (secondary N) is 1. The summed E-state index contributed by atoms with van der Waals surface area (Å²) in [7, 11) is 0. The van der Waals surface area contributed by atoms with Crippen LogP contribution in [0.25, 0.3) is 0 Å². The smallest absolute Gasteiger partial charge is 0.122 e. The van der Waals surface area contributed by atoms with Crippen LogP contribution in [-0.4, -0.2) is 23.6 Å². The molecule has 1 aromatic carbocycles. The Labute approximate surface area is 121 Å². The summed E-state index contributed by atoms with van der Waals surface area (Å²) in [5.41, 5.74) is 0.938. The van der Waals surface area contributed by atoms with E-state index in [1.807, 2.05) is 41.8 Å². The van der Waals surface area contributed by atoms with Crippen molar-refractivity contribution in [2.24, 2.45) is 0 Å². The Hall–Kier alpha value is -1.23. The number of aliphatic hydroxyl groups excluding tert-OH is 1. The van der Waals surface area contributed by atoms with Gasteiger partial charge in [0.05, 0.1) is 12.0 Å². The first-order valence-corrected chi connectivity index (χ1v) is 7.42. The van der Waals surface area contributed by atoms with Gasteiger partial charge in [-0.1, -0.05) is 6.07 Å². The van der Waals surface area contributed by atoms with Gasteiger partial charge in [0.1, 0.15) is 12.4 Å². The molecule has 5 heteroatoms. The summed E-state index contributed by atoms with van der Waals surface area (Å²) in [6, 6.07) is 11.7. The topological polar surface area (TPSA) is 41.5 Å². The molecule has 0 bridgehead atoms. The molecular weight excluding hydrogens is 282 g/mol. The molecule has 0 saturated heterocycles.